The summed E-state index contributed by atoms with van der Waals surface area (Å²) in [6.45, 7) is 1.92. The first-order valence-electron chi connectivity index (χ1n) is 7.60. The maximum absolute atomic E-state index is 12.0. The summed E-state index contributed by atoms with van der Waals surface area (Å²) >= 11 is 1.43. The monoisotopic (exact) mass is 355 g/mol. The molecular weight excluding hydrogens is 338 g/mol. The Hall–Kier alpha value is -2.80. The van der Waals surface area contributed by atoms with Gasteiger partial charge in [-0.25, -0.2) is 10.4 Å². The van der Waals surface area contributed by atoms with Gasteiger partial charge in [-0.2, -0.15) is 5.10 Å². The van der Waals surface area contributed by atoms with Crippen LogP contribution in [0.2, 0.25) is 0 Å². The van der Waals surface area contributed by atoms with Gasteiger partial charge >= 0.3 is 0 Å². The molecule has 128 valence electrons. The quantitative estimate of drug-likeness (QED) is 0.417. The highest BCUT2D eigenvalue weighted by molar-refractivity contribution is 8.00. The minimum absolute atomic E-state index is 0.196. The van der Waals surface area contributed by atoms with Crippen LogP contribution < -0.4 is 10.2 Å². The number of fused-ring (bicyclic) bond motifs is 1. The van der Waals surface area contributed by atoms with Crippen molar-refractivity contribution in [1.82, 2.24) is 10.4 Å². The van der Waals surface area contributed by atoms with Crippen molar-refractivity contribution in [1.29, 1.82) is 0 Å². The molecule has 3 rings (SSSR count). The first-order chi connectivity index (χ1) is 12.2. The van der Waals surface area contributed by atoms with Crippen LogP contribution in [0.25, 0.3) is 10.9 Å². The molecule has 0 fully saturated rings. The summed E-state index contributed by atoms with van der Waals surface area (Å²) in [5, 5.41) is 4.83. The number of carbonyl (C=O) groups is 1. The molecule has 0 aliphatic carbocycles. The minimum atomic E-state index is -0.196. The average Bonchev–Trinajstić information content (AvgIpc) is 3.12. The molecule has 0 saturated heterocycles. The predicted molar refractivity (Wildman–Crippen MR) is 98.2 cm³/mol. The Bertz CT molecular complexity index is 907. The number of hydrazone groups is 1. The van der Waals surface area contributed by atoms with Crippen LogP contribution in [0.5, 0.6) is 5.75 Å². The molecule has 0 bridgehead atoms. The van der Waals surface area contributed by atoms with Crippen LogP contribution in [0.3, 0.4) is 0 Å². The van der Waals surface area contributed by atoms with Gasteiger partial charge in [-0.3, -0.25) is 4.79 Å². The number of nitrogens with zero attached hydrogens (tertiary/aromatic N) is 2. The molecule has 0 atom stereocenters. The van der Waals surface area contributed by atoms with Crippen molar-refractivity contribution in [2.24, 2.45) is 5.10 Å². The van der Waals surface area contributed by atoms with E-state index in [1.54, 1.807) is 25.5 Å². The number of hydrogen-bond donors (Lipinski definition) is 1. The van der Waals surface area contributed by atoms with E-state index in [2.05, 4.69) is 15.5 Å². The number of rotatable bonds is 6. The Morgan fingerprint density at radius 2 is 2.28 bits per heavy atom. The lowest BCUT2D eigenvalue weighted by Gasteiger charge is -2.10. The molecule has 2 aromatic heterocycles. The van der Waals surface area contributed by atoms with Crippen LogP contribution in [0, 0.1) is 6.92 Å². The fourth-order valence-corrected chi connectivity index (χ4v) is 3.23. The number of benzene rings is 1. The Kier molecular flexibility index (Phi) is 5.35. The van der Waals surface area contributed by atoms with Gasteiger partial charge < -0.3 is 9.15 Å². The number of nitrogens with one attached hydrogen (secondary N) is 1. The second-order valence-electron chi connectivity index (χ2n) is 5.22. The summed E-state index contributed by atoms with van der Waals surface area (Å²) in [4.78, 5) is 17.5. The highest BCUT2D eigenvalue weighted by Gasteiger charge is 2.10. The number of para-hydroxylation sites is 1. The van der Waals surface area contributed by atoms with Crippen LogP contribution in [0.4, 0.5) is 0 Å². The summed E-state index contributed by atoms with van der Waals surface area (Å²) in [6.07, 6.45) is 3.00. The van der Waals surface area contributed by atoms with Crippen molar-refractivity contribution in [3.8, 4) is 5.75 Å². The maximum Gasteiger partial charge on any atom is 0.250 e. The molecule has 0 aliphatic heterocycles. The van der Waals surface area contributed by atoms with Gasteiger partial charge in [0, 0.05) is 16.0 Å². The van der Waals surface area contributed by atoms with Crippen molar-refractivity contribution in [2.45, 2.75) is 11.8 Å². The van der Waals surface area contributed by atoms with Gasteiger partial charge in [0.15, 0.2) is 0 Å². The van der Waals surface area contributed by atoms with Crippen LogP contribution in [0.15, 0.2) is 57.1 Å². The first-order valence-corrected chi connectivity index (χ1v) is 8.58. The number of ether oxygens (including phenoxy) is 1. The van der Waals surface area contributed by atoms with E-state index in [4.69, 9.17) is 9.15 Å². The summed E-state index contributed by atoms with van der Waals surface area (Å²) in [7, 11) is 1.62. The summed E-state index contributed by atoms with van der Waals surface area (Å²) in [6, 6.07) is 11.2. The molecule has 2 heterocycles. The number of amides is 1. The Morgan fingerprint density at radius 1 is 1.40 bits per heavy atom. The number of pyridine rings is 1. The van der Waals surface area contributed by atoms with E-state index in [0.29, 0.717) is 5.76 Å². The smallest absolute Gasteiger partial charge is 0.250 e. The lowest BCUT2D eigenvalue weighted by molar-refractivity contribution is -0.118. The van der Waals surface area contributed by atoms with Gasteiger partial charge in [-0.05, 0) is 31.2 Å². The number of aromatic nitrogens is 1. The molecule has 7 heteroatoms. The van der Waals surface area contributed by atoms with Crippen LogP contribution in [-0.2, 0) is 4.79 Å². The Morgan fingerprint density at radius 3 is 3.04 bits per heavy atom. The minimum Gasteiger partial charge on any atom is -0.494 e. The van der Waals surface area contributed by atoms with E-state index < -0.39 is 0 Å². The zero-order chi connectivity index (χ0) is 17.6. The molecule has 0 unspecified atom stereocenters. The molecule has 1 N–H and O–H groups in total. The van der Waals surface area contributed by atoms with E-state index in [0.717, 1.165) is 27.2 Å². The summed E-state index contributed by atoms with van der Waals surface area (Å²) in [5.74, 6) is 1.34. The number of furan rings is 1. The predicted octanol–water partition coefficient (Wildman–Crippen LogP) is 3.39. The zero-order valence-corrected chi connectivity index (χ0v) is 14.7. The van der Waals surface area contributed by atoms with Crippen molar-refractivity contribution in [2.75, 3.05) is 12.9 Å². The topological polar surface area (TPSA) is 76.7 Å². The van der Waals surface area contributed by atoms with Crippen molar-refractivity contribution < 1.29 is 13.9 Å². The number of carbonyl (C=O) groups excluding carboxylic acids is 1. The molecule has 3 aromatic rings. The molecule has 0 spiro atoms. The third kappa shape index (κ3) is 4.19. The normalized spacial score (nSPS) is 11.1. The van der Waals surface area contributed by atoms with Crippen LogP contribution in [-0.4, -0.2) is 30.0 Å². The molecule has 0 aliphatic rings. The third-order valence-electron chi connectivity index (χ3n) is 3.40. The first kappa shape index (κ1) is 17.0. The van der Waals surface area contributed by atoms with Crippen molar-refractivity contribution in [3.05, 3.63) is 54.1 Å². The van der Waals surface area contributed by atoms with E-state index in [-0.39, 0.29) is 11.7 Å². The second kappa shape index (κ2) is 7.85. The lowest BCUT2D eigenvalue weighted by atomic mass is 10.2. The molecule has 0 saturated carbocycles. The summed E-state index contributed by atoms with van der Waals surface area (Å²) in [5.41, 5.74) is 4.15. The third-order valence-corrected chi connectivity index (χ3v) is 4.45. The molecule has 1 aromatic carbocycles. The Balaban J connectivity index is 1.69. The van der Waals surface area contributed by atoms with Gasteiger partial charge in [0.25, 0.3) is 0 Å². The highest BCUT2D eigenvalue weighted by Crippen LogP contribution is 2.32. The fourth-order valence-electron chi connectivity index (χ4n) is 2.30. The maximum atomic E-state index is 12.0. The molecule has 25 heavy (non-hydrogen) atoms. The van der Waals surface area contributed by atoms with Gasteiger partial charge in [0.05, 0.1) is 25.3 Å². The van der Waals surface area contributed by atoms with Crippen LogP contribution in [0.1, 0.15) is 11.5 Å². The zero-order valence-electron chi connectivity index (χ0n) is 13.9. The number of methoxy groups -OCH3 is 1. The van der Waals surface area contributed by atoms with Gasteiger partial charge in [-0.1, -0.05) is 12.1 Å². The van der Waals surface area contributed by atoms with E-state index in [1.807, 2.05) is 31.2 Å². The van der Waals surface area contributed by atoms with Crippen molar-refractivity contribution in [3.63, 3.8) is 0 Å². The molecule has 1 amide bonds. The standard InChI is InChI=1S/C18H17N3O3S/c1-12-9-16(14-6-3-7-15(23-2)18(14)20-12)25-11-17(22)21-19-10-13-5-4-8-24-13/h3-10H,11H2,1-2H3,(H,21,22)/b19-10+. The van der Waals surface area contributed by atoms with Gasteiger partial charge in [-0.15, -0.1) is 11.8 Å². The van der Waals surface area contributed by atoms with E-state index in [1.165, 1.54) is 18.0 Å². The molecule has 6 nitrogen and oxygen atoms in total. The van der Waals surface area contributed by atoms with E-state index >= 15 is 0 Å². The highest BCUT2D eigenvalue weighted by atomic mass is 32.2. The molecular formula is C18H17N3O3S. The van der Waals surface area contributed by atoms with Crippen molar-refractivity contribution >= 4 is 34.8 Å². The molecule has 0 radical (unpaired) electrons. The van der Waals surface area contributed by atoms with E-state index in [9.17, 15) is 4.79 Å². The second-order valence-corrected chi connectivity index (χ2v) is 6.23. The SMILES string of the molecule is COc1cccc2c(SCC(=O)N/N=C/c3ccco3)cc(C)nc12. The largest absolute Gasteiger partial charge is 0.494 e. The van der Waals surface area contributed by atoms with Crippen LogP contribution >= 0.6 is 11.8 Å². The lowest BCUT2D eigenvalue weighted by Crippen LogP contribution is -2.19. The number of aryl methyl sites for hydroxylation is 1. The number of hydrogen-bond acceptors (Lipinski definition) is 6. The fraction of sp³-hybridized carbons (Fsp3) is 0.167. The average molecular weight is 355 g/mol. The summed E-state index contributed by atoms with van der Waals surface area (Å²) < 4.78 is 10.5. The Labute approximate surface area is 149 Å². The number of thioether (sulfide) groups is 1. The van der Waals surface area contributed by atoms with Gasteiger partial charge in [0.2, 0.25) is 5.91 Å². The van der Waals surface area contributed by atoms with Gasteiger partial charge in [0.1, 0.15) is 17.0 Å².